The van der Waals surface area contributed by atoms with E-state index >= 15 is 0 Å². The van der Waals surface area contributed by atoms with E-state index in [9.17, 15) is 9.59 Å². The second kappa shape index (κ2) is 7.88. The van der Waals surface area contributed by atoms with Gasteiger partial charge in [0.2, 0.25) is 11.8 Å². The summed E-state index contributed by atoms with van der Waals surface area (Å²) in [5.74, 6) is 0.738. The molecule has 2 aromatic carbocycles. The van der Waals surface area contributed by atoms with Crippen LogP contribution in [0.5, 0.6) is 0 Å². The van der Waals surface area contributed by atoms with Crippen LogP contribution < -0.4 is 10.2 Å². The Morgan fingerprint density at radius 3 is 2.69 bits per heavy atom. The van der Waals surface area contributed by atoms with Crippen molar-refractivity contribution in [3.63, 3.8) is 0 Å². The number of amides is 2. The van der Waals surface area contributed by atoms with Crippen LogP contribution in [0.1, 0.15) is 41.5 Å². The van der Waals surface area contributed by atoms with Crippen molar-refractivity contribution in [3.05, 3.63) is 75.8 Å². The van der Waals surface area contributed by atoms with Crippen LogP contribution in [-0.4, -0.2) is 18.9 Å². The molecule has 1 heterocycles. The number of nitrogens with one attached hydrogen (secondary N) is 1. The van der Waals surface area contributed by atoms with E-state index in [1.54, 1.807) is 24.9 Å². The van der Waals surface area contributed by atoms with Crippen molar-refractivity contribution in [3.8, 4) is 0 Å². The van der Waals surface area contributed by atoms with Crippen LogP contribution >= 0.6 is 11.6 Å². The van der Waals surface area contributed by atoms with Crippen LogP contribution in [0.4, 0.5) is 5.69 Å². The molecule has 2 aliphatic rings. The smallest absolute Gasteiger partial charge is 0.243 e. The Hall–Kier alpha value is -2.85. The van der Waals surface area contributed by atoms with Gasteiger partial charge in [-0.15, -0.1) is 0 Å². The van der Waals surface area contributed by atoms with Gasteiger partial charge in [0.25, 0.3) is 0 Å². The van der Waals surface area contributed by atoms with Gasteiger partial charge in [-0.1, -0.05) is 48.0 Å². The minimum Gasteiger partial charge on any atom is -0.356 e. The molecule has 0 radical (unpaired) electrons. The molecule has 0 saturated heterocycles. The summed E-state index contributed by atoms with van der Waals surface area (Å²) in [7, 11) is 1.63. The maximum atomic E-state index is 12.4. The third-order valence-electron chi connectivity index (χ3n) is 5.61. The average Bonchev–Trinajstić information content (AvgIpc) is 3.47. The van der Waals surface area contributed by atoms with Crippen molar-refractivity contribution in [2.75, 3.05) is 11.9 Å². The fraction of sp³-hybridized carbons (Fsp3) is 0.250. The number of nitrogens with zero attached hydrogens (tertiary/aromatic N) is 1. The second-order valence-corrected chi connectivity index (χ2v) is 8.02. The van der Waals surface area contributed by atoms with E-state index < -0.39 is 0 Å². The molecule has 1 saturated carbocycles. The molecule has 29 heavy (non-hydrogen) atoms. The summed E-state index contributed by atoms with van der Waals surface area (Å²) in [6.45, 7) is 2.11. The molecule has 148 valence electrons. The van der Waals surface area contributed by atoms with Gasteiger partial charge in [-0.2, -0.15) is 0 Å². The van der Waals surface area contributed by atoms with E-state index in [1.165, 1.54) is 5.56 Å². The molecule has 1 fully saturated rings. The number of hydrogen-bond donors (Lipinski definition) is 1. The van der Waals surface area contributed by atoms with Gasteiger partial charge in [0.1, 0.15) is 0 Å². The van der Waals surface area contributed by atoms with Gasteiger partial charge >= 0.3 is 0 Å². The molecule has 1 unspecified atom stereocenters. The highest BCUT2D eigenvalue weighted by molar-refractivity contribution is 6.30. The van der Waals surface area contributed by atoms with Crippen LogP contribution in [-0.2, 0) is 16.1 Å². The molecule has 2 aromatic rings. The summed E-state index contributed by atoms with van der Waals surface area (Å²) in [5.41, 5.74) is 5.28. The van der Waals surface area contributed by atoms with Gasteiger partial charge in [-0.3, -0.25) is 9.59 Å². The first kappa shape index (κ1) is 19.5. The molecule has 1 N–H and O–H groups in total. The lowest BCUT2D eigenvalue weighted by Gasteiger charge is -2.26. The topological polar surface area (TPSA) is 49.4 Å². The van der Waals surface area contributed by atoms with E-state index in [4.69, 9.17) is 11.6 Å². The van der Waals surface area contributed by atoms with Crippen LogP contribution in [0.2, 0.25) is 5.02 Å². The number of carbonyl (C=O) groups is 2. The number of anilines is 1. The second-order valence-electron chi connectivity index (χ2n) is 7.58. The van der Waals surface area contributed by atoms with Crippen LogP contribution in [0.25, 0.3) is 12.2 Å². The van der Waals surface area contributed by atoms with E-state index in [0.29, 0.717) is 23.4 Å². The lowest BCUT2D eigenvalue weighted by molar-refractivity contribution is -0.117. The highest BCUT2D eigenvalue weighted by Gasteiger charge is 2.36. The van der Waals surface area contributed by atoms with Crippen molar-refractivity contribution in [1.82, 2.24) is 5.32 Å². The summed E-state index contributed by atoms with van der Waals surface area (Å²) < 4.78 is 0. The Balaban J connectivity index is 1.64. The van der Waals surface area contributed by atoms with Crippen LogP contribution in [0.15, 0.2) is 48.6 Å². The Morgan fingerprint density at radius 2 is 1.93 bits per heavy atom. The maximum absolute atomic E-state index is 12.4. The number of rotatable bonds is 3. The number of carbonyl (C=O) groups excluding carboxylic acids is 2. The Kier molecular flexibility index (Phi) is 5.29. The minimum absolute atomic E-state index is 0.00182. The number of benzene rings is 2. The summed E-state index contributed by atoms with van der Waals surface area (Å²) in [6, 6.07) is 12.1. The Bertz CT molecular complexity index is 1040. The van der Waals surface area contributed by atoms with E-state index in [2.05, 4.69) is 29.6 Å². The monoisotopic (exact) mass is 406 g/mol. The normalized spacial score (nSPS) is 21.0. The summed E-state index contributed by atoms with van der Waals surface area (Å²) >= 11 is 6.16. The molecule has 1 aliphatic heterocycles. The first-order chi connectivity index (χ1) is 14.0. The molecule has 0 bridgehead atoms. The summed E-state index contributed by atoms with van der Waals surface area (Å²) in [6.07, 6.45) is 8.74. The summed E-state index contributed by atoms with van der Waals surface area (Å²) in [4.78, 5) is 25.6. The van der Waals surface area contributed by atoms with Crippen molar-refractivity contribution in [2.24, 2.45) is 5.92 Å². The molecule has 4 rings (SSSR count). The fourth-order valence-electron chi connectivity index (χ4n) is 3.88. The van der Waals surface area contributed by atoms with Gasteiger partial charge in [0.15, 0.2) is 0 Å². The van der Waals surface area contributed by atoms with Crippen molar-refractivity contribution in [2.45, 2.75) is 25.8 Å². The standard InChI is InChI=1S/C24H23ClN2O2/c1-15(28)27-14-20-11-17(22-13-18(22)7-10-24(29)26-2)5-3-16(20)4-6-19-12-21(25)8-9-23(19)27/h3-12,18,22H,13-14H2,1-2H3,(H,26,29)/b6-4-,10-7+/t18?,22-/m0/s1. The lowest BCUT2D eigenvalue weighted by Crippen LogP contribution is -2.29. The van der Waals surface area contributed by atoms with Crippen LogP contribution in [0, 0.1) is 5.92 Å². The van der Waals surface area contributed by atoms with E-state index in [1.807, 2.05) is 30.4 Å². The summed E-state index contributed by atoms with van der Waals surface area (Å²) in [5, 5.41) is 3.26. The zero-order valence-corrected chi connectivity index (χ0v) is 17.2. The van der Waals surface area contributed by atoms with E-state index in [0.717, 1.165) is 28.8 Å². The zero-order chi connectivity index (χ0) is 20.5. The van der Waals surface area contributed by atoms with Gasteiger partial charge < -0.3 is 10.2 Å². The van der Waals surface area contributed by atoms with E-state index in [-0.39, 0.29) is 11.8 Å². The molecule has 1 aliphatic carbocycles. The highest BCUT2D eigenvalue weighted by Crippen LogP contribution is 2.49. The van der Waals surface area contributed by atoms with Crippen molar-refractivity contribution >= 4 is 41.3 Å². The molecular weight excluding hydrogens is 384 g/mol. The third-order valence-corrected chi connectivity index (χ3v) is 5.84. The van der Waals surface area contributed by atoms with Crippen molar-refractivity contribution in [1.29, 1.82) is 0 Å². The first-order valence-corrected chi connectivity index (χ1v) is 10.1. The average molecular weight is 407 g/mol. The number of allylic oxidation sites excluding steroid dienone is 1. The maximum Gasteiger partial charge on any atom is 0.243 e. The van der Waals surface area contributed by atoms with Gasteiger partial charge in [-0.25, -0.2) is 0 Å². The van der Waals surface area contributed by atoms with Gasteiger partial charge in [0.05, 0.1) is 12.2 Å². The number of hydrogen-bond acceptors (Lipinski definition) is 2. The van der Waals surface area contributed by atoms with Crippen molar-refractivity contribution < 1.29 is 9.59 Å². The predicted molar refractivity (Wildman–Crippen MR) is 118 cm³/mol. The fourth-order valence-corrected chi connectivity index (χ4v) is 4.06. The largest absolute Gasteiger partial charge is 0.356 e. The Morgan fingerprint density at radius 1 is 1.14 bits per heavy atom. The third kappa shape index (κ3) is 4.13. The lowest BCUT2D eigenvalue weighted by atomic mass is 9.97. The predicted octanol–water partition coefficient (Wildman–Crippen LogP) is 4.78. The quantitative estimate of drug-likeness (QED) is 0.745. The molecule has 5 heteroatoms. The minimum atomic E-state index is -0.0742. The molecule has 0 spiro atoms. The number of halogens is 1. The highest BCUT2D eigenvalue weighted by atomic mass is 35.5. The molecule has 4 nitrogen and oxygen atoms in total. The SMILES string of the molecule is CNC(=O)/C=C/C1C[C@H]1c1ccc2c(c1)CN(C(C)=O)c1ccc(Cl)cc1/C=C\2. The van der Waals surface area contributed by atoms with Crippen LogP contribution in [0.3, 0.4) is 0 Å². The number of fused-ring (bicyclic) bond motifs is 2. The molecule has 0 aromatic heterocycles. The van der Waals surface area contributed by atoms with Gasteiger partial charge in [-0.05, 0) is 64.8 Å². The van der Waals surface area contributed by atoms with Gasteiger partial charge in [0, 0.05) is 19.0 Å². The number of likely N-dealkylation sites (N-methyl/N-ethyl adjacent to an activating group) is 1. The molecular formula is C24H23ClN2O2. The Labute approximate surface area is 175 Å². The molecule has 2 atom stereocenters. The first-order valence-electron chi connectivity index (χ1n) is 9.74. The molecule has 2 amide bonds. The zero-order valence-electron chi connectivity index (χ0n) is 16.5.